The van der Waals surface area contributed by atoms with Gasteiger partial charge in [0.05, 0.1) is 6.61 Å². The molecule has 0 rings (SSSR count). The molecule has 0 unspecified atom stereocenters. The Kier molecular flexibility index (Phi) is 6.59. The Morgan fingerprint density at radius 2 is 2.43 bits per heavy atom. The molecule has 0 spiro atoms. The summed E-state index contributed by atoms with van der Waals surface area (Å²) in [7, 11) is 0. The Hall–Kier alpha value is 0.310. The monoisotopic (exact) mass is 119 g/mol. The van der Waals surface area contributed by atoms with Gasteiger partial charge in [-0.1, -0.05) is 0 Å². The Bertz CT molecular complexity index is 27.3. The molecular weight excluding hydrogens is 108 g/mol. The molecule has 0 heterocycles. The summed E-state index contributed by atoms with van der Waals surface area (Å²) in [6.45, 7) is 4.96. The van der Waals surface area contributed by atoms with Crippen molar-refractivity contribution in [3.05, 3.63) is 6.92 Å². The van der Waals surface area contributed by atoms with Crippen LogP contribution < -0.4 is 0 Å². The molecule has 0 aromatic heterocycles. The molecule has 0 N–H and O–H groups in total. The summed E-state index contributed by atoms with van der Waals surface area (Å²) >= 11 is 1.79. The summed E-state index contributed by atoms with van der Waals surface area (Å²) in [5.74, 6) is 1.08. The Morgan fingerprint density at radius 3 is 2.86 bits per heavy atom. The van der Waals surface area contributed by atoms with Crippen LogP contribution in [-0.4, -0.2) is 25.2 Å². The van der Waals surface area contributed by atoms with Crippen molar-refractivity contribution in [2.24, 2.45) is 0 Å². The summed E-state index contributed by atoms with van der Waals surface area (Å²) in [6.07, 6.45) is 2.06. The zero-order valence-electron chi connectivity index (χ0n) is 4.64. The van der Waals surface area contributed by atoms with E-state index in [0.29, 0.717) is 6.61 Å². The summed E-state index contributed by atoms with van der Waals surface area (Å²) in [4.78, 5) is 0. The molecule has 0 aromatic carbocycles. The van der Waals surface area contributed by atoms with Gasteiger partial charge in [-0.05, 0) is 13.2 Å². The molecule has 1 radical (unpaired) electrons. The van der Waals surface area contributed by atoms with E-state index >= 15 is 0 Å². The lowest BCUT2D eigenvalue weighted by atomic mass is 10.8. The standard InChI is InChI=1S/C5H11OS/c1-3-6-4-5-7-2/h1,3-5H2,2H3. The third-order valence-corrected chi connectivity index (χ3v) is 1.15. The zero-order valence-corrected chi connectivity index (χ0v) is 5.46. The first-order valence-corrected chi connectivity index (χ1v) is 3.67. The predicted octanol–water partition coefficient (Wildman–Crippen LogP) is 1.20. The van der Waals surface area contributed by atoms with E-state index in [9.17, 15) is 0 Å². The largest absolute Gasteiger partial charge is 0.381 e. The van der Waals surface area contributed by atoms with Crippen molar-refractivity contribution in [1.82, 2.24) is 0 Å². The van der Waals surface area contributed by atoms with Crippen LogP contribution in [0.2, 0.25) is 0 Å². The lowest BCUT2D eigenvalue weighted by Gasteiger charge is -1.94. The Labute approximate surface area is 49.4 Å². The Balaban J connectivity index is 2.45. The topological polar surface area (TPSA) is 9.23 Å². The van der Waals surface area contributed by atoms with Crippen LogP contribution in [0.15, 0.2) is 0 Å². The van der Waals surface area contributed by atoms with Gasteiger partial charge in [0.15, 0.2) is 0 Å². The van der Waals surface area contributed by atoms with Crippen molar-refractivity contribution in [2.75, 3.05) is 25.2 Å². The lowest BCUT2D eigenvalue weighted by Crippen LogP contribution is -1.94. The van der Waals surface area contributed by atoms with Crippen LogP contribution in [0, 0.1) is 6.92 Å². The third-order valence-electron chi connectivity index (χ3n) is 0.576. The number of hydrogen-bond acceptors (Lipinski definition) is 2. The molecule has 0 bridgehead atoms. The zero-order chi connectivity index (χ0) is 5.54. The molecule has 7 heavy (non-hydrogen) atoms. The van der Waals surface area contributed by atoms with E-state index in [1.54, 1.807) is 11.8 Å². The second-order valence-electron chi connectivity index (χ2n) is 1.11. The Morgan fingerprint density at radius 1 is 1.71 bits per heavy atom. The molecule has 2 heteroatoms. The minimum absolute atomic E-state index is 0.598. The van der Waals surface area contributed by atoms with Gasteiger partial charge in [0.2, 0.25) is 0 Å². The molecule has 0 aromatic rings. The number of ether oxygens (including phenoxy) is 1. The lowest BCUT2D eigenvalue weighted by molar-refractivity contribution is 0.179. The van der Waals surface area contributed by atoms with Crippen molar-refractivity contribution in [3.8, 4) is 0 Å². The van der Waals surface area contributed by atoms with Gasteiger partial charge in [-0.2, -0.15) is 11.8 Å². The molecule has 0 aliphatic rings. The molecule has 0 aliphatic heterocycles. The van der Waals surface area contributed by atoms with Crippen LogP contribution in [0.1, 0.15) is 0 Å². The number of rotatable bonds is 4. The maximum absolute atomic E-state index is 4.94. The fourth-order valence-electron chi connectivity index (χ4n) is 0.244. The molecule has 43 valence electrons. The van der Waals surface area contributed by atoms with Gasteiger partial charge >= 0.3 is 0 Å². The SMILES string of the molecule is [CH2]COCCSC. The van der Waals surface area contributed by atoms with E-state index in [1.165, 1.54) is 0 Å². The fourth-order valence-corrected chi connectivity index (χ4v) is 0.529. The highest BCUT2D eigenvalue weighted by atomic mass is 32.2. The van der Waals surface area contributed by atoms with Crippen molar-refractivity contribution < 1.29 is 4.74 Å². The molecule has 1 nitrogen and oxygen atoms in total. The van der Waals surface area contributed by atoms with E-state index in [4.69, 9.17) is 4.74 Å². The van der Waals surface area contributed by atoms with E-state index in [0.717, 1.165) is 12.4 Å². The van der Waals surface area contributed by atoms with Gasteiger partial charge in [-0.15, -0.1) is 0 Å². The minimum Gasteiger partial charge on any atom is -0.381 e. The van der Waals surface area contributed by atoms with Crippen molar-refractivity contribution >= 4 is 11.8 Å². The molecule has 0 amide bonds. The first-order valence-electron chi connectivity index (χ1n) is 2.27. The minimum atomic E-state index is 0.598. The van der Waals surface area contributed by atoms with Gasteiger partial charge in [-0.25, -0.2) is 0 Å². The van der Waals surface area contributed by atoms with Gasteiger partial charge in [-0.3, -0.25) is 0 Å². The van der Waals surface area contributed by atoms with Crippen LogP contribution in [0.25, 0.3) is 0 Å². The summed E-state index contributed by atoms with van der Waals surface area (Å²) in [6, 6.07) is 0. The highest BCUT2D eigenvalue weighted by Crippen LogP contribution is 1.89. The number of thioether (sulfide) groups is 1. The van der Waals surface area contributed by atoms with Gasteiger partial charge in [0.25, 0.3) is 0 Å². The predicted molar refractivity (Wildman–Crippen MR) is 34.6 cm³/mol. The average Bonchev–Trinajstić information content (AvgIpc) is 1.69. The van der Waals surface area contributed by atoms with Crippen molar-refractivity contribution in [3.63, 3.8) is 0 Å². The first-order chi connectivity index (χ1) is 3.41. The quantitative estimate of drug-likeness (QED) is 0.514. The summed E-state index contributed by atoms with van der Waals surface area (Å²) < 4.78 is 4.94. The van der Waals surface area contributed by atoms with Crippen LogP contribution in [-0.2, 0) is 4.74 Å². The van der Waals surface area contributed by atoms with E-state index in [-0.39, 0.29) is 0 Å². The molecule has 0 fully saturated rings. The molecule has 0 aliphatic carbocycles. The number of hydrogen-bond donors (Lipinski definition) is 0. The first kappa shape index (κ1) is 7.31. The fraction of sp³-hybridized carbons (Fsp3) is 0.800. The highest BCUT2D eigenvalue weighted by molar-refractivity contribution is 7.98. The van der Waals surface area contributed by atoms with E-state index in [1.807, 2.05) is 0 Å². The second-order valence-corrected chi connectivity index (χ2v) is 2.09. The van der Waals surface area contributed by atoms with Gasteiger partial charge < -0.3 is 4.74 Å². The third kappa shape index (κ3) is 6.31. The maximum Gasteiger partial charge on any atom is 0.0556 e. The van der Waals surface area contributed by atoms with Crippen LogP contribution >= 0.6 is 11.8 Å². The van der Waals surface area contributed by atoms with Crippen LogP contribution in [0.3, 0.4) is 0 Å². The van der Waals surface area contributed by atoms with Crippen molar-refractivity contribution in [2.45, 2.75) is 0 Å². The van der Waals surface area contributed by atoms with Crippen LogP contribution in [0.4, 0.5) is 0 Å². The van der Waals surface area contributed by atoms with E-state index in [2.05, 4.69) is 13.2 Å². The van der Waals surface area contributed by atoms with Gasteiger partial charge in [0.1, 0.15) is 0 Å². The summed E-state index contributed by atoms with van der Waals surface area (Å²) in [5.41, 5.74) is 0. The van der Waals surface area contributed by atoms with Crippen LogP contribution in [0.5, 0.6) is 0 Å². The maximum atomic E-state index is 4.94. The molecular formula is C5H11OS. The van der Waals surface area contributed by atoms with Gasteiger partial charge in [0, 0.05) is 12.4 Å². The molecule has 0 atom stereocenters. The normalized spacial score (nSPS) is 9.43. The summed E-state index contributed by atoms with van der Waals surface area (Å²) in [5, 5.41) is 0. The highest BCUT2D eigenvalue weighted by Gasteiger charge is 1.78. The smallest absolute Gasteiger partial charge is 0.0556 e. The molecule has 0 saturated heterocycles. The average molecular weight is 119 g/mol. The second kappa shape index (κ2) is 6.31. The molecule has 0 saturated carbocycles. The van der Waals surface area contributed by atoms with E-state index < -0.39 is 0 Å². The van der Waals surface area contributed by atoms with Crippen molar-refractivity contribution in [1.29, 1.82) is 0 Å².